The minimum atomic E-state index is -0.402. The topological polar surface area (TPSA) is 17.1 Å². The zero-order valence-electron chi connectivity index (χ0n) is 8.28. The lowest BCUT2D eigenvalue weighted by Crippen LogP contribution is -1.89. The summed E-state index contributed by atoms with van der Waals surface area (Å²) in [5.41, 5.74) is 1.98. The molecule has 0 fully saturated rings. The van der Waals surface area contributed by atoms with E-state index in [-0.39, 0.29) is 0 Å². The molecule has 0 heterocycles. The Morgan fingerprint density at radius 1 is 1.12 bits per heavy atom. The van der Waals surface area contributed by atoms with E-state index < -0.39 is 5.82 Å². The average Bonchev–Trinajstić information content (AvgIpc) is 2.28. The van der Waals surface area contributed by atoms with Crippen LogP contribution < -0.4 is 0 Å². The third-order valence-electron chi connectivity index (χ3n) is 2.28. The van der Waals surface area contributed by atoms with E-state index in [0.29, 0.717) is 11.8 Å². The molecule has 3 heteroatoms. The van der Waals surface area contributed by atoms with E-state index >= 15 is 0 Å². The molecule has 80 valence electrons. The Bertz CT molecular complexity index is 537. The summed E-state index contributed by atoms with van der Waals surface area (Å²) in [5.74, 6) is -0.402. The maximum atomic E-state index is 13.0. The van der Waals surface area contributed by atoms with Crippen molar-refractivity contribution < 1.29 is 9.18 Å². The maximum Gasteiger partial charge on any atom is 0.150 e. The molecule has 0 aromatic heterocycles. The first-order chi connectivity index (χ1) is 7.70. The Kier molecular flexibility index (Phi) is 3.15. The molecule has 2 aromatic carbocycles. The molecule has 0 saturated heterocycles. The number of benzene rings is 2. The van der Waals surface area contributed by atoms with Crippen molar-refractivity contribution in [2.75, 3.05) is 0 Å². The molecule has 2 rings (SSSR count). The van der Waals surface area contributed by atoms with E-state index in [4.69, 9.17) is 0 Å². The highest BCUT2D eigenvalue weighted by Gasteiger charge is 2.05. The lowest BCUT2D eigenvalue weighted by molar-refractivity contribution is 0.112. The van der Waals surface area contributed by atoms with Gasteiger partial charge in [-0.1, -0.05) is 34.1 Å². The summed E-state index contributed by atoms with van der Waals surface area (Å²) < 4.78 is 13.9. The van der Waals surface area contributed by atoms with Crippen LogP contribution in [-0.4, -0.2) is 6.29 Å². The van der Waals surface area contributed by atoms with Crippen molar-refractivity contribution in [1.29, 1.82) is 0 Å². The molecular weight excluding hydrogens is 271 g/mol. The fraction of sp³-hybridized carbons (Fsp3) is 0. The third kappa shape index (κ3) is 2.19. The van der Waals surface area contributed by atoms with Crippen LogP contribution in [0.3, 0.4) is 0 Å². The maximum absolute atomic E-state index is 13.0. The molecule has 0 radical (unpaired) electrons. The van der Waals surface area contributed by atoms with E-state index in [9.17, 15) is 9.18 Å². The van der Waals surface area contributed by atoms with Gasteiger partial charge in [0.25, 0.3) is 0 Å². The van der Waals surface area contributed by atoms with Crippen molar-refractivity contribution in [2.24, 2.45) is 0 Å². The first-order valence-electron chi connectivity index (χ1n) is 4.71. The number of rotatable bonds is 2. The fourth-order valence-electron chi connectivity index (χ4n) is 1.55. The van der Waals surface area contributed by atoms with Crippen molar-refractivity contribution in [2.45, 2.75) is 0 Å². The quantitative estimate of drug-likeness (QED) is 0.757. The van der Waals surface area contributed by atoms with Crippen LogP contribution in [-0.2, 0) is 0 Å². The minimum absolute atomic E-state index is 0.359. The van der Waals surface area contributed by atoms with Gasteiger partial charge in [0.1, 0.15) is 5.82 Å². The Balaban J connectivity index is 2.59. The lowest BCUT2D eigenvalue weighted by atomic mass is 10.0. The molecular formula is C13H8BrFO. The molecule has 0 aliphatic carbocycles. The molecule has 0 spiro atoms. The summed E-state index contributed by atoms with van der Waals surface area (Å²) in [6, 6.07) is 11.7. The summed E-state index contributed by atoms with van der Waals surface area (Å²) in [6.07, 6.45) is 0.666. The zero-order chi connectivity index (χ0) is 11.5. The Morgan fingerprint density at radius 2 is 1.94 bits per heavy atom. The second kappa shape index (κ2) is 4.58. The Hall–Kier alpha value is -1.48. The highest BCUT2D eigenvalue weighted by Crippen LogP contribution is 2.25. The van der Waals surface area contributed by atoms with Gasteiger partial charge < -0.3 is 0 Å². The fourth-order valence-corrected chi connectivity index (χ4v) is 1.95. The van der Waals surface area contributed by atoms with E-state index in [2.05, 4.69) is 15.9 Å². The molecule has 0 amide bonds. The van der Waals surface area contributed by atoms with Gasteiger partial charge in [-0.3, -0.25) is 4.79 Å². The van der Waals surface area contributed by atoms with Crippen molar-refractivity contribution in [3.05, 3.63) is 58.3 Å². The second-order valence-electron chi connectivity index (χ2n) is 3.36. The largest absolute Gasteiger partial charge is 0.298 e. The molecule has 0 atom stereocenters. The predicted molar refractivity (Wildman–Crippen MR) is 64.9 cm³/mol. The number of carbonyl (C=O) groups excluding carboxylic acids is 1. The number of aldehydes is 1. The van der Waals surface area contributed by atoms with Gasteiger partial charge in [0.05, 0.1) is 0 Å². The summed E-state index contributed by atoms with van der Waals surface area (Å²) in [4.78, 5) is 10.9. The molecule has 1 nitrogen and oxygen atoms in total. The first-order valence-corrected chi connectivity index (χ1v) is 5.50. The van der Waals surface area contributed by atoms with Gasteiger partial charge in [-0.05, 0) is 35.4 Å². The Labute approximate surface area is 101 Å². The van der Waals surface area contributed by atoms with E-state index in [0.717, 1.165) is 15.6 Å². The van der Waals surface area contributed by atoms with Gasteiger partial charge in [-0.25, -0.2) is 4.39 Å². The van der Waals surface area contributed by atoms with Gasteiger partial charge in [0.15, 0.2) is 6.29 Å². The van der Waals surface area contributed by atoms with Crippen LogP contribution in [0.1, 0.15) is 10.4 Å². The van der Waals surface area contributed by atoms with Gasteiger partial charge in [0, 0.05) is 10.0 Å². The van der Waals surface area contributed by atoms with Crippen LogP contribution in [0.15, 0.2) is 46.9 Å². The van der Waals surface area contributed by atoms with Crippen molar-refractivity contribution >= 4 is 22.2 Å². The smallest absolute Gasteiger partial charge is 0.150 e. The highest BCUT2D eigenvalue weighted by molar-refractivity contribution is 9.10. The van der Waals surface area contributed by atoms with Gasteiger partial charge in [-0.15, -0.1) is 0 Å². The number of halogens is 2. The third-order valence-corrected chi connectivity index (χ3v) is 2.77. The second-order valence-corrected chi connectivity index (χ2v) is 4.28. The highest BCUT2D eigenvalue weighted by atomic mass is 79.9. The van der Waals surface area contributed by atoms with E-state index in [1.165, 1.54) is 12.1 Å². The summed E-state index contributed by atoms with van der Waals surface area (Å²) in [5, 5.41) is 0. The molecule has 0 saturated carbocycles. The van der Waals surface area contributed by atoms with Crippen molar-refractivity contribution in [1.82, 2.24) is 0 Å². The SMILES string of the molecule is O=Cc1cc(F)ccc1-c1cccc(Br)c1. The van der Waals surface area contributed by atoms with Gasteiger partial charge >= 0.3 is 0 Å². The molecule has 0 bridgehead atoms. The zero-order valence-corrected chi connectivity index (χ0v) is 9.87. The number of carbonyl (C=O) groups is 1. The summed E-state index contributed by atoms with van der Waals surface area (Å²) in [6.45, 7) is 0. The van der Waals surface area contributed by atoms with Crippen LogP contribution in [0.5, 0.6) is 0 Å². The average molecular weight is 279 g/mol. The molecule has 16 heavy (non-hydrogen) atoms. The van der Waals surface area contributed by atoms with Crippen molar-refractivity contribution in [3.63, 3.8) is 0 Å². The predicted octanol–water partition coefficient (Wildman–Crippen LogP) is 4.07. The van der Waals surface area contributed by atoms with Crippen LogP contribution >= 0.6 is 15.9 Å². The number of hydrogen-bond acceptors (Lipinski definition) is 1. The minimum Gasteiger partial charge on any atom is -0.298 e. The van der Waals surface area contributed by atoms with E-state index in [1.54, 1.807) is 6.07 Å². The molecule has 0 unspecified atom stereocenters. The van der Waals surface area contributed by atoms with Crippen LogP contribution in [0.25, 0.3) is 11.1 Å². The lowest BCUT2D eigenvalue weighted by Gasteiger charge is -2.05. The van der Waals surface area contributed by atoms with Gasteiger partial charge in [0.2, 0.25) is 0 Å². The normalized spacial score (nSPS) is 10.1. The van der Waals surface area contributed by atoms with Crippen LogP contribution in [0.4, 0.5) is 4.39 Å². The Morgan fingerprint density at radius 3 is 2.62 bits per heavy atom. The van der Waals surface area contributed by atoms with Crippen molar-refractivity contribution in [3.8, 4) is 11.1 Å². The number of hydrogen-bond donors (Lipinski definition) is 0. The molecule has 0 aliphatic heterocycles. The molecule has 2 aromatic rings. The van der Waals surface area contributed by atoms with Crippen LogP contribution in [0.2, 0.25) is 0 Å². The molecule has 0 N–H and O–H groups in total. The summed E-state index contributed by atoms with van der Waals surface area (Å²) >= 11 is 3.36. The van der Waals surface area contributed by atoms with Gasteiger partial charge in [-0.2, -0.15) is 0 Å². The van der Waals surface area contributed by atoms with E-state index in [1.807, 2.05) is 24.3 Å². The summed E-state index contributed by atoms with van der Waals surface area (Å²) in [7, 11) is 0. The standard InChI is InChI=1S/C13H8BrFO/c14-11-3-1-2-9(6-11)13-5-4-12(15)7-10(13)8-16/h1-8H. The monoisotopic (exact) mass is 278 g/mol. The van der Waals surface area contributed by atoms with Crippen LogP contribution in [0, 0.1) is 5.82 Å². The first kappa shape index (κ1) is 11.0. The molecule has 0 aliphatic rings.